The van der Waals surface area contributed by atoms with Gasteiger partial charge in [0.2, 0.25) is 0 Å². The molecule has 0 bridgehead atoms. The minimum absolute atomic E-state index is 0.0485. The number of amides is 1. The molecule has 22 heavy (non-hydrogen) atoms. The summed E-state index contributed by atoms with van der Waals surface area (Å²) in [6, 6.07) is 8.82. The molecule has 1 fully saturated rings. The number of hydrogen-bond donors (Lipinski definition) is 0. The molecule has 1 aromatic carbocycles. The third kappa shape index (κ3) is 2.07. The Morgan fingerprint density at radius 2 is 1.95 bits per heavy atom. The van der Waals surface area contributed by atoms with E-state index in [0.29, 0.717) is 11.1 Å². The average Bonchev–Trinajstić information content (AvgIpc) is 3.13. The molecule has 0 N–H and O–H groups in total. The zero-order valence-electron chi connectivity index (χ0n) is 12.7. The van der Waals surface area contributed by atoms with Gasteiger partial charge >= 0.3 is 0 Å². The smallest absolute Gasteiger partial charge is 0.275 e. The van der Waals surface area contributed by atoms with Crippen LogP contribution in [0.15, 0.2) is 24.3 Å². The molecule has 4 nitrogen and oxygen atoms in total. The highest BCUT2D eigenvalue weighted by atomic mass is 32.1. The highest BCUT2D eigenvalue weighted by Gasteiger charge is 2.42. The monoisotopic (exact) mass is 313 g/mol. The first-order chi connectivity index (χ1) is 10.7. The lowest BCUT2D eigenvalue weighted by Gasteiger charge is -2.40. The number of hydrogen-bond acceptors (Lipinski definition) is 4. The van der Waals surface area contributed by atoms with Crippen molar-refractivity contribution in [1.29, 1.82) is 0 Å². The standard InChI is InChI=1S/C17H19N3OS/c1-12-15(19-22-18-12)16(21)20-10-8-17(9-11-20)7-6-13-4-2-3-5-14(13)17/h2-5H,6-11H2,1H3. The van der Waals surface area contributed by atoms with E-state index in [9.17, 15) is 4.79 Å². The number of rotatable bonds is 1. The zero-order valence-corrected chi connectivity index (χ0v) is 13.5. The second-order valence-electron chi connectivity index (χ2n) is 6.43. The van der Waals surface area contributed by atoms with Gasteiger partial charge in [0.15, 0.2) is 5.69 Å². The number of benzene rings is 1. The number of carbonyl (C=O) groups excluding carboxylic acids is 1. The maximum Gasteiger partial charge on any atom is 0.275 e. The molecule has 5 heteroatoms. The van der Waals surface area contributed by atoms with Crippen LogP contribution in [0.4, 0.5) is 0 Å². The maximum atomic E-state index is 12.6. The lowest BCUT2D eigenvalue weighted by molar-refractivity contribution is 0.0660. The third-order valence-electron chi connectivity index (χ3n) is 5.32. The van der Waals surface area contributed by atoms with Crippen LogP contribution >= 0.6 is 11.7 Å². The Bertz CT molecular complexity index is 716. The van der Waals surface area contributed by atoms with Gasteiger partial charge in [-0.3, -0.25) is 4.79 Å². The van der Waals surface area contributed by atoms with Crippen LogP contribution in [-0.4, -0.2) is 32.6 Å². The second-order valence-corrected chi connectivity index (χ2v) is 6.96. The third-order valence-corrected chi connectivity index (χ3v) is 5.94. The van der Waals surface area contributed by atoms with Gasteiger partial charge in [0.05, 0.1) is 17.4 Å². The lowest BCUT2D eigenvalue weighted by atomic mass is 9.74. The van der Waals surface area contributed by atoms with Crippen molar-refractivity contribution in [2.24, 2.45) is 0 Å². The lowest BCUT2D eigenvalue weighted by Crippen LogP contribution is -2.44. The van der Waals surface area contributed by atoms with Crippen molar-refractivity contribution in [3.63, 3.8) is 0 Å². The molecule has 2 aliphatic rings. The summed E-state index contributed by atoms with van der Waals surface area (Å²) in [5, 5.41) is 0. The maximum absolute atomic E-state index is 12.6. The SMILES string of the molecule is Cc1nsnc1C(=O)N1CCC2(CCc3ccccc32)CC1. The topological polar surface area (TPSA) is 46.1 Å². The van der Waals surface area contributed by atoms with Crippen LogP contribution in [0.1, 0.15) is 46.6 Å². The molecule has 1 aliphatic heterocycles. The van der Waals surface area contributed by atoms with E-state index in [1.165, 1.54) is 24.0 Å². The van der Waals surface area contributed by atoms with E-state index in [-0.39, 0.29) is 5.91 Å². The molecule has 1 saturated heterocycles. The fourth-order valence-electron chi connectivity index (χ4n) is 4.00. The molecule has 114 valence electrons. The first-order valence-electron chi connectivity index (χ1n) is 7.86. The van der Waals surface area contributed by atoms with Crippen molar-refractivity contribution < 1.29 is 4.79 Å². The number of aryl methyl sites for hydroxylation is 2. The number of likely N-dealkylation sites (tertiary alicyclic amines) is 1. The van der Waals surface area contributed by atoms with Gasteiger partial charge in [-0.25, -0.2) is 0 Å². The Kier molecular flexibility index (Phi) is 3.26. The van der Waals surface area contributed by atoms with Crippen molar-refractivity contribution in [3.05, 3.63) is 46.8 Å². The van der Waals surface area contributed by atoms with Crippen LogP contribution in [0.3, 0.4) is 0 Å². The highest BCUT2D eigenvalue weighted by Crippen LogP contribution is 2.46. The van der Waals surface area contributed by atoms with Gasteiger partial charge < -0.3 is 4.90 Å². The van der Waals surface area contributed by atoms with Gasteiger partial charge in [0, 0.05) is 13.1 Å². The zero-order chi connectivity index (χ0) is 15.2. The van der Waals surface area contributed by atoms with E-state index < -0.39 is 0 Å². The molecule has 1 aromatic heterocycles. The quantitative estimate of drug-likeness (QED) is 0.813. The van der Waals surface area contributed by atoms with Gasteiger partial charge in [-0.2, -0.15) is 8.75 Å². The molecule has 0 unspecified atom stereocenters. The van der Waals surface area contributed by atoms with Crippen molar-refractivity contribution in [2.75, 3.05) is 13.1 Å². The fourth-order valence-corrected chi connectivity index (χ4v) is 4.54. The molecule has 1 spiro atoms. The summed E-state index contributed by atoms with van der Waals surface area (Å²) in [4.78, 5) is 14.5. The summed E-state index contributed by atoms with van der Waals surface area (Å²) in [6.45, 7) is 3.50. The molecule has 0 atom stereocenters. The second kappa shape index (κ2) is 5.16. The van der Waals surface area contributed by atoms with Crippen molar-refractivity contribution >= 4 is 17.6 Å². The summed E-state index contributed by atoms with van der Waals surface area (Å²) in [6.07, 6.45) is 4.53. The average molecular weight is 313 g/mol. The van der Waals surface area contributed by atoms with Crippen LogP contribution < -0.4 is 0 Å². The first-order valence-corrected chi connectivity index (χ1v) is 8.59. The molecule has 1 aliphatic carbocycles. The number of piperidine rings is 1. The predicted molar refractivity (Wildman–Crippen MR) is 86.2 cm³/mol. The van der Waals surface area contributed by atoms with Gasteiger partial charge in [-0.15, -0.1) is 0 Å². The van der Waals surface area contributed by atoms with Crippen LogP contribution in [0, 0.1) is 6.92 Å². The largest absolute Gasteiger partial charge is 0.337 e. The number of nitrogens with zero attached hydrogens (tertiary/aromatic N) is 3. The molecule has 0 saturated carbocycles. The van der Waals surface area contributed by atoms with E-state index in [1.54, 1.807) is 0 Å². The Balaban J connectivity index is 1.52. The highest BCUT2D eigenvalue weighted by molar-refractivity contribution is 6.99. The van der Waals surface area contributed by atoms with E-state index in [0.717, 1.165) is 43.4 Å². The summed E-state index contributed by atoms with van der Waals surface area (Å²) >= 11 is 1.12. The van der Waals surface area contributed by atoms with Crippen LogP contribution in [0.2, 0.25) is 0 Å². The number of fused-ring (bicyclic) bond motifs is 2. The van der Waals surface area contributed by atoms with Gasteiger partial charge in [0.1, 0.15) is 0 Å². The Labute approximate surface area is 134 Å². The minimum atomic E-state index is 0.0485. The van der Waals surface area contributed by atoms with E-state index in [4.69, 9.17) is 0 Å². The first kappa shape index (κ1) is 13.9. The normalized spacial score (nSPS) is 19.4. The number of aromatic nitrogens is 2. The number of carbonyl (C=O) groups is 1. The van der Waals surface area contributed by atoms with Crippen LogP contribution in [0.5, 0.6) is 0 Å². The van der Waals surface area contributed by atoms with E-state index in [1.807, 2.05) is 11.8 Å². The van der Waals surface area contributed by atoms with Crippen LogP contribution in [0.25, 0.3) is 0 Å². The van der Waals surface area contributed by atoms with Gasteiger partial charge in [-0.1, -0.05) is 24.3 Å². The minimum Gasteiger partial charge on any atom is -0.337 e. The molecular weight excluding hydrogens is 294 g/mol. The molecule has 0 radical (unpaired) electrons. The Morgan fingerprint density at radius 1 is 1.18 bits per heavy atom. The molecule has 2 aromatic rings. The Morgan fingerprint density at radius 3 is 2.68 bits per heavy atom. The summed E-state index contributed by atoms with van der Waals surface area (Å²) in [5.41, 5.74) is 4.60. The Hall–Kier alpha value is -1.75. The summed E-state index contributed by atoms with van der Waals surface area (Å²) in [5.74, 6) is 0.0485. The van der Waals surface area contributed by atoms with Gasteiger partial charge in [0.25, 0.3) is 5.91 Å². The van der Waals surface area contributed by atoms with Crippen molar-refractivity contribution in [2.45, 2.75) is 38.0 Å². The summed E-state index contributed by atoms with van der Waals surface area (Å²) < 4.78 is 8.27. The fraction of sp³-hybridized carbons (Fsp3) is 0.471. The van der Waals surface area contributed by atoms with Crippen molar-refractivity contribution in [3.8, 4) is 0 Å². The summed E-state index contributed by atoms with van der Waals surface area (Å²) in [7, 11) is 0. The van der Waals surface area contributed by atoms with E-state index in [2.05, 4.69) is 33.0 Å². The predicted octanol–water partition coefficient (Wildman–Crippen LogP) is 2.97. The molecular formula is C17H19N3OS. The molecule has 2 heterocycles. The van der Waals surface area contributed by atoms with E-state index >= 15 is 0 Å². The van der Waals surface area contributed by atoms with Crippen molar-refractivity contribution in [1.82, 2.24) is 13.6 Å². The van der Waals surface area contributed by atoms with Crippen LogP contribution in [-0.2, 0) is 11.8 Å². The molecule has 1 amide bonds. The molecule has 4 rings (SSSR count). The van der Waals surface area contributed by atoms with Gasteiger partial charge in [-0.05, 0) is 49.1 Å².